The van der Waals surface area contributed by atoms with Crippen LogP contribution >= 0.6 is 0 Å². The van der Waals surface area contributed by atoms with Crippen molar-refractivity contribution < 1.29 is 22.7 Å². The van der Waals surface area contributed by atoms with Crippen LogP contribution in [0.15, 0.2) is 28.7 Å². The van der Waals surface area contributed by atoms with Gasteiger partial charge < -0.3 is 14.8 Å². The van der Waals surface area contributed by atoms with Crippen molar-refractivity contribution in [3.05, 3.63) is 35.8 Å². The van der Waals surface area contributed by atoms with E-state index in [1.807, 2.05) is 0 Å². The van der Waals surface area contributed by atoms with Crippen LogP contribution in [0.2, 0.25) is 0 Å². The summed E-state index contributed by atoms with van der Waals surface area (Å²) in [5, 5.41) is 27.5. The molecule has 0 aliphatic carbocycles. The molecule has 8 nitrogen and oxygen atoms in total. The van der Waals surface area contributed by atoms with Crippen LogP contribution in [-0.4, -0.2) is 43.1 Å². The Morgan fingerprint density at radius 3 is 2.71 bits per heavy atom. The maximum absolute atomic E-state index is 13.3. The van der Waals surface area contributed by atoms with E-state index in [0.717, 1.165) is 10.7 Å². The van der Waals surface area contributed by atoms with Crippen LogP contribution in [0.4, 0.5) is 19.0 Å². The smallest absolute Gasteiger partial charge is 0.424 e. The molecule has 0 unspecified atom stereocenters. The Labute approximate surface area is 133 Å². The minimum atomic E-state index is -4.88. The second-order valence-electron chi connectivity index (χ2n) is 5.19. The molecule has 128 valence electrons. The number of rotatable bonds is 5. The van der Waals surface area contributed by atoms with Crippen molar-refractivity contribution in [2.75, 3.05) is 11.9 Å². The standard InChI is InChI=1S/C13H13F3N6O2/c1-8-2-3-9(24-8)12(23,13(14,15)16)6-7-17-10-4-5-11-18-20-21-22(11)19-10/h2-5,23H,6-7H2,1H3,(H,17,19)/t12-/m1/s1. The summed E-state index contributed by atoms with van der Waals surface area (Å²) >= 11 is 0. The fourth-order valence-corrected chi connectivity index (χ4v) is 2.18. The van der Waals surface area contributed by atoms with E-state index in [-0.39, 0.29) is 18.1 Å². The SMILES string of the molecule is Cc1ccc([C@](O)(CCNc2ccc3nnnn3n2)C(F)(F)F)o1. The minimum Gasteiger partial charge on any atom is -0.463 e. The molecule has 1 atom stereocenters. The molecule has 3 heterocycles. The predicted molar refractivity (Wildman–Crippen MR) is 75.1 cm³/mol. The highest BCUT2D eigenvalue weighted by Gasteiger charge is 2.56. The fourth-order valence-electron chi connectivity index (χ4n) is 2.18. The molecular formula is C13H13F3N6O2. The first kappa shape index (κ1) is 16.2. The summed E-state index contributed by atoms with van der Waals surface area (Å²) < 4.78 is 46.0. The number of tetrazole rings is 1. The van der Waals surface area contributed by atoms with Crippen molar-refractivity contribution in [1.29, 1.82) is 0 Å². The summed E-state index contributed by atoms with van der Waals surface area (Å²) in [6, 6.07) is 5.57. The number of nitrogens with one attached hydrogen (secondary N) is 1. The Morgan fingerprint density at radius 1 is 1.25 bits per heavy atom. The molecular weight excluding hydrogens is 329 g/mol. The molecule has 0 aliphatic rings. The van der Waals surface area contributed by atoms with Crippen LogP contribution in [0.3, 0.4) is 0 Å². The van der Waals surface area contributed by atoms with Crippen LogP contribution in [0.25, 0.3) is 5.65 Å². The minimum absolute atomic E-state index is 0.198. The number of halogens is 3. The largest absolute Gasteiger partial charge is 0.463 e. The summed E-state index contributed by atoms with van der Waals surface area (Å²) in [6.07, 6.45) is -5.54. The highest BCUT2D eigenvalue weighted by Crippen LogP contribution is 2.42. The van der Waals surface area contributed by atoms with Gasteiger partial charge in [-0.3, -0.25) is 0 Å². The molecule has 2 N–H and O–H groups in total. The van der Waals surface area contributed by atoms with E-state index in [0.29, 0.717) is 5.65 Å². The summed E-state index contributed by atoms with van der Waals surface area (Å²) in [5.41, 5.74) is -2.69. The Morgan fingerprint density at radius 2 is 2.04 bits per heavy atom. The lowest BCUT2D eigenvalue weighted by Crippen LogP contribution is -2.43. The van der Waals surface area contributed by atoms with Crippen molar-refractivity contribution in [2.45, 2.75) is 25.1 Å². The fraction of sp³-hybridized carbons (Fsp3) is 0.385. The van der Waals surface area contributed by atoms with Gasteiger partial charge in [-0.05, 0) is 41.6 Å². The maximum Gasteiger partial charge on any atom is 0.424 e. The highest BCUT2D eigenvalue weighted by molar-refractivity contribution is 5.42. The van der Waals surface area contributed by atoms with Gasteiger partial charge in [0.05, 0.1) is 0 Å². The van der Waals surface area contributed by atoms with Gasteiger partial charge in [0.25, 0.3) is 0 Å². The molecule has 0 bridgehead atoms. The number of aryl methyl sites for hydroxylation is 1. The molecule has 0 aromatic carbocycles. The monoisotopic (exact) mass is 342 g/mol. The summed E-state index contributed by atoms with van der Waals surface area (Å²) in [7, 11) is 0. The topological polar surface area (TPSA) is 101 Å². The zero-order valence-electron chi connectivity index (χ0n) is 12.4. The van der Waals surface area contributed by atoms with Gasteiger partial charge >= 0.3 is 6.18 Å². The van der Waals surface area contributed by atoms with Crippen molar-refractivity contribution in [1.82, 2.24) is 25.3 Å². The van der Waals surface area contributed by atoms with Gasteiger partial charge in [0.15, 0.2) is 5.65 Å². The number of aromatic nitrogens is 5. The highest BCUT2D eigenvalue weighted by atomic mass is 19.4. The van der Waals surface area contributed by atoms with Gasteiger partial charge in [0.1, 0.15) is 17.3 Å². The molecule has 0 radical (unpaired) electrons. The summed E-state index contributed by atoms with van der Waals surface area (Å²) in [6.45, 7) is 1.31. The van der Waals surface area contributed by atoms with Gasteiger partial charge in [0, 0.05) is 13.0 Å². The second-order valence-corrected chi connectivity index (χ2v) is 5.19. The van der Waals surface area contributed by atoms with E-state index in [2.05, 4.69) is 25.9 Å². The first-order valence-corrected chi connectivity index (χ1v) is 6.95. The van der Waals surface area contributed by atoms with Gasteiger partial charge in [-0.1, -0.05) is 0 Å². The third-order valence-electron chi connectivity index (χ3n) is 3.48. The Balaban J connectivity index is 1.74. The number of nitrogens with zero attached hydrogens (tertiary/aromatic N) is 5. The van der Waals surface area contributed by atoms with E-state index < -0.39 is 24.0 Å². The van der Waals surface area contributed by atoms with Crippen molar-refractivity contribution >= 4 is 11.5 Å². The van der Waals surface area contributed by atoms with E-state index in [9.17, 15) is 18.3 Å². The third kappa shape index (κ3) is 2.89. The molecule has 3 rings (SSSR count). The molecule has 24 heavy (non-hydrogen) atoms. The van der Waals surface area contributed by atoms with E-state index >= 15 is 0 Å². The molecule has 0 aliphatic heterocycles. The molecule has 0 saturated carbocycles. The van der Waals surface area contributed by atoms with E-state index in [4.69, 9.17) is 4.42 Å². The van der Waals surface area contributed by atoms with Crippen molar-refractivity contribution in [3.63, 3.8) is 0 Å². The number of alkyl halides is 3. The Kier molecular flexibility index (Phi) is 3.87. The Bertz CT molecular complexity index is 845. The number of anilines is 1. The number of hydrogen-bond acceptors (Lipinski definition) is 7. The summed E-state index contributed by atoms with van der Waals surface area (Å²) in [4.78, 5) is 0. The van der Waals surface area contributed by atoms with Gasteiger partial charge in [-0.15, -0.1) is 14.8 Å². The van der Waals surface area contributed by atoms with Crippen LogP contribution in [0.5, 0.6) is 0 Å². The van der Waals surface area contributed by atoms with Gasteiger partial charge in [-0.2, -0.15) is 13.2 Å². The lowest BCUT2D eigenvalue weighted by atomic mass is 9.96. The first-order valence-electron chi connectivity index (χ1n) is 6.95. The zero-order valence-corrected chi connectivity index (χ0v) is 12.4. The molecule has 0 spiro atoms. The van der Waals surface area contributed by atoms with E-state index in [1.54, 1.807) is 6.07 Å². The lowest BCUT2D eigenvalue weighted by molar-refractivity contribution is -0.274. The maximum atomic E-state index is 13.3. The predicted octanol–water partition coefficient (Wildman–Crippen LogP) is 1.67. The van der Waals surface area contributed by atoms with Crippen LogP contribution < -0.4 is 5.32 Å². The number of fused-ring (bicyclic) bond motifs is 1. The third-order valence-corrected chi connectivity index (χ3v) is 3.48. The lowest BCUT2D eigenvalue weighted by Gasteiger charge is -2.28. The number of furan rings is 1. The molecule has 3 aromatic heterocycles. The Hall–Kier alpha value is -2.69. The molecule has 0 amide bonds. The van der Waals surface area contributed by atoms with Crippen LogP contribution in [0, 0.1) is 6.92 Å². The molecule has 0 saturated heterocycles. The number of aliphatic hydroxyl groups is 1. The van der Waals surface area contributed by atoms with Crippen LogP contribution in [-0.2, 0) is 5.60 Å². The quantitative estimate of drug-likeness (QED) is 0.727. The average Bonchev–Trinajstić information content (AvgIpc) is 3.14. The first-order chi connectivity index (χ1) is 11.3. The van der Waals surface area contributed by atoms with Crippen molar-refractivity contribution in [2.24, 2.45) is 0 Å². The van der Waals surface area contributed by atoms with Gasteiger partial charge in [0.2, 0.25) is 5.60 Å². The van der Waals surface area contributed by atoms with Gasteiger partial charge in [-0.25, -0.2) is 0 Å². The average molecular weight is 342 g/mol. The van der Waals surface area contributed by atoms with Crippen molar-refractivity contribution in [3.8, 4) is 0 Å². The molecule has 3 aromatic rings. The normalized spacial score (nSPS) is 14.7. The van der Waals surface area contributed by atoms with Crippen LogP contribution in [0.1, 0.15) is 17.9 Å². The number of hydrogen-bond donors (Lipinski definition) is 2. The summed E-state index contributed by atoms with van der Waals surface area (Å²) in [5.74, 6) is 0.0135. The van der Waals surface area contributed by atoms with E-state index in [1.165, 1.54) is 19.1 Å². The molecule has 11 heteroatoms. The molecule has 0 fully saturated rings. The zero-order chi connectivity index (χ0) is 17.4. The second kappa shape index (κ2) is 5.74.